The molecule has 0 atom stereocenters. The molecule has 128 valence electrons. The monoisotopic (exact) mass is 338 g/mol. The van der Waals surface area contributed by atoms with E-state index in [0.717, 1.165) is 0 Å². The minimum Gasteiger partial charge on any atom is -0.399 e. The molecule has 1 fully saturated rings. The van der Waals surface area contributed by atoms with Crippen molar-refractivity contribution in [2.75, 3.05) is 5.75 Å². The van der Waals surface area contributed by atoms with Crippen molar-refractivity contribution in [3.05, 3.63) is 24.3 Å². The van der Waals surface area contributed by atoms with Gasteiger partial charge in [0.25, 0.3) is 0 Å². The third-order valence-electron chi connectivity index (χ3n) is 4.38. The number of sulfone groups is 1. The van der Waals surface area contributed by atoms with Crippen LogP contribution in [0.4, 0.5) is 0 Å². The molecule has 0 aromatic heterocycles. The van der Waals surface area contributed by atoms with Crippen molar-refractivity contribution < 1.29 is 17.7 Å². The molecule has 2 rings (SSSR count). The van der Waals surface area contributed by atoms with E-state index in [9.17, 15) is 8.42 Å². The summed E-state index contributed by atoms with van der Waals surface area (Å²) in [5.41, 5.74) is -0.741. The zero-order valence-corrected chi connectivity index (χ0v) is 16.0. The summed E-state index contributed by atoms with van der Waals surface area (Å²) in [7, 11) is -4.10. The van der Waals surface area contributed by atoms with Crippen LogP contribution >= 0.6 is 0 Å². The maximum absolute atomic E-state index is 12.8. The molecular formula is C17H27BO4S. The Bertz CT molecular complexity index is 671. The fraction of sp³-hybridized carbons (Fsp3) is 0.647. The summed E-state index contributed by atoms with van der Waals surface area (Å²) in [5.74, 6) is 0.0799. The highest BCUT2D eigenvalue weighted by molar-refractivity contribution is 7.91. The summed E-state index contributed by atoms with van der Waals surface area (Å²) in [6.45, 7) is 13.6. The van der Waals surface area contributed by atoms with Crippen LogP contribution in [0.1, 0.15) is 48.5 Å². The lowest BCUT2D eigenvalue weighted by molar-refractivity contribution is 0.00578. The maximum atomic E-state index is 12.8. The molecule has 0 unspecified atom stereocenters. The number of rotatable bonds is 3. The van der Waals surface area contributed by atoms with Gasteiger partial charge in [0, 0.05) is 5.46 Å². The van der Waals surface area contributed by atoms with Gasteiger partial charge in [-0.2, -0.15) is 0 Å². The highest BCUT2D eigenvalue weighted by Gasteiger charge is 2.52. The summed E-state index contributed by atoms with van der Waals surface area (Å²) in [6.07, 6.45) is 0. The molecule has 0 radical (unpaired) electrons. The Morgan fingerprint density at radius 1 is 1.00 bits per heavy atom. The van der Waals surface area contributed by atoms with Gasteiger partial charge in [-0.15, -0.1) is 0 Å². The Kier molecular flexibility index (Phi) is 4.51. The van der Waals surface area contributed by atoms with Gasteiger partial charge in [0.05, 0.1) is 21.9 Å². The normalized spacial score (nSPS) is 20.7. The topological polar surface area (TPSA) is 52.6 Å². The lowest BCUT2D eigenvalue weighted by atomic mass is 9.79. The smallest absolute Gasteiger partial charge is 0.399 e. The second-order valence-corrected chi connectivity index (χ2v) is 10.4. The van der Waals surface area contributed by atoms with E-state index in [1.807, 2.05) is 54.5 Å². The lowest BCUT2D eigenvalue weighted by Gasteiger charge is -2.32. The molecule has 1 aliphatic heterocycles. The van der Waals surface area contributed by atoms with Crippen LogP contribution < -0.4 is 5.46 Å². The molecule has 0 bridgehead atoms. The van der Waals surface area contributed by atoms with E-state index in [2.05, 4.69) is 0 Å². The van der Waals surface area contributed by atoms with Crippen molar-refractivity contribution in [2.45, 2.75) is 64.6 Å². The highest BCUT2D eigenvalue weighted by Crippen LogP contribution is 2.37. The Labute approximate surface area is 140 Å². The number of hydrogen-bond donors (Lipinski definition) is 0. The first-order chi connectivity index (χ1) is 10.3. The first-order valence-electron chi connectivity index (χ1n) is 7.93. The van der Waals surface area contributed by atoms with Crippen molar-refractivity contribution >= 4 is 22.4 Å². The van der Waals surface area contributed by atoms with E-state index in [-0.39, 0.29) is 11.2 Å². The van der Waals surface area contributed by atoms with Crippen molar-refractivity contribution in [2.24, 2.45) is 5.41 Å². The molecule has 1 saturated heterocycles. The fourth-order valence-corrected chi connectivity index (χ4v) is 4.68. The van der Waals surface area contributed by atoms with E-state index in [4.69, 9.17) is 9.31 Å². The summed E-state index contributed by atoms with van der Waals surface area (Å²) in [6, 6.07) is 6.97. The molecule has 0 aliphatic carbocycles. The van der Waals surface area contributed by atoms with E-state index >= 15 is 0 Å². The van der Waals surface area contributed by atoms with E-state index in [1.54, 1.807) is 18.2 Å². The predicted octanol–water partition coefficient (Wildman–Crippen LogP) is 2.81. The van der Waals surface area contributed by atoms with Gasteiger partial charge in [-0.3, -0.25) is 0 Å². The predicted molar refractivity (Wildman–Crippen MR) is 93.7 cm³/mol. The third kappa shape index (κ3) is 3.81. The molecule has 0 amide bonds. The Hall–Kier alpha value is -0.845. The van der Waals surface area contributed by atoms with Crippen LogP contribution in [0.25, 0.3) is 0 Å². The molecule has 1 aliphatic rings. The zero-order valence-electron chi connectivity index (χ0n) is 15.1. The fourth-order valence-electron chi connectivity index (χ4n) is 2.58. The van der Waals surface area contributed by atoms with Gasteiger partial charge < -0.3 is 9.31 Å². The van der Waals surface area contributed by atoms with Crippen LogP contribution in [0.15, 0.2) is 29.2 Å². The van der Waals surface area contributed by atoms with E-state index < -0.39 is 28.2 Å². The number of hydrogen-bond acceptors (Lipinski definition) is 4. The zero-order chi connectivity index (χ0) is 17.7. The van der Waals surface area contributed by atoms with Crippen molar-refractivity contribution in [3.63, 3.8) is 0 Å². The van der Waals surface area contributed by atoms with Crippen molar-refractivity contribution in [3.8, 4) is 0 Å². The van der Waals surface area contributed by atoms with Crippen molar-refractivity contribution in [1.82, 2.24) is 0 Å². The van der Waals surface area contributed by atoms with Crippen LogP contribution in [0.5, 0.6) is 0 Å². The second kappa shape index (κ2) is 5.61. The maximum Gasteiger partial charge on any atom is 0.496 e. The van der Waals surface area contributed by atoms with Gasteiger partial charge in [-0.25, -0.2) is 8.42 Å². The Morgan fingerprint density at radius 2 is 1.48 bits per heavy atom. The first kappa shape index (κ1) is 18.5. The summed E-state index contributed by atoms with van der Waals surface area (Å²) < 4.78 is 37.7. The van der Waals surface area contributed by atoms with Gasteiger partial charge in [0.1, 0.15) is 0 Å². The van der Waals surface area contributed by atoms with Gasteiger partial charge in [0.15, 0.2) is 9.84 Å². The van der Waals surface area contributed by atoms with Crippen LogP contribution in [0.3, 0.4) is 0 Å². The minimum absolute atomic E-state index is 0.0799. The second-order valence-electron chi connectivity index (χ2n) is 8.45. The lowest BCUT2D eigenvalue weighted by Crippen LogP contribution is -2.41. The molecule has 0 spiro atoms. The molecule has 1 heterocycles. The van der Waals surface area contributed by atoms with Crippen LogP contribution in [-0.4, -0.2) is 32.5 Å². The minimum atomic E-state index is -3.42. The van der Waals surface area contributed by atoms with Gasteiger partial charge in [-0.1, -0.05) is 39.0 Å². The SMILES string of the molecule is CC(C)(C)CS(=O)(=O)c1ccccc1B1OC(C)(C)C(C)(C)O1. The van der Waals surface area contributed by atoms with Gasteiger partial charge in [0.2, 0.25) is 0 Å². The molecule has 4 nitrogen and oxygen atoms in total. The van der Waals surface area contributed by atoms with E-state index in [0.29, 0.717) is 10.4 Å². The average molecular weight is 338 g/mol. The third-order valence-corrected chi connectivity index (χ3v) is 6.67. The Morgan fingerprint density at radius 3 is 1.96 bits per heavy atom. The largest absolute Gasteiger partial charge is 0.496 e. The molecule has 23 heavy (non-hydrogen) atoms. The summed E-state index contributed by atoms with van der Waals surface area (Å²) in [4.78, 5) is 0.299. The van der Waals surface area contributed by atoms with E-state index in [1.165, 1.54) is 0 Å². The Balaban J connectivity index is 2.44. The van der Waals surface area contributed by atoms with Crippen molar-refractivity contribution in [1.29, 1.82) is 0 Å². The summed E-state index contributed by atoms with van der Waals surface area (Å²) >= 11 is 0. The van der Waals surface area contributed by atoms with Crippen LogP contribution in [-0.2, 0) is 19.1 Å². The molecule has 0 N–H and O–H groups in total. The average Bonchev–Trinajstić information content (AvgIpc) is 2.55. The van der Waals surface area contributed by atoms with Crippen LogP contribution in [0.2, 0.25) is 0 Å². The molecule has 6 heteroatoms. The molecule has 1 aromatic carbocycles. The van der Waals surface area contributed by atoms with Gasteiger partial charge in [-0.05, 0) is 39.2 Å². The molecule has 0 saturated carbocycles. The quantitative estimate of drug-likeness (QED) is 0.796. The summed E-state index contributed by atoms with van der Waals surface area (Å²) in [5, 5.41) is 0. The number of benzene rings is 1. The molecule has 1 aromatic rings. The van der Waals surface area contributed by atoms with Gasteiger partial charge >= 0.3 is 7.12 Å². The highest BCUT2D eigenvalue weighted by atomic mass is 32.2. The van der Waals surface area contributed by atoms with Crippen LogP contribution in [0, 0.1) is 5.41 Å². The molecular weight excluding hydrogens is 311 g/mol. The first-order valence-corrected chi connectivity index (χ1v) is 9.58. The standard InChI is InChI=1S/C17H27BO4S/c1-15(2,3)12-23(19,20)14-11-9-8-10-13(14)18-21-16(4,5)17(6,7)22-18/h8-11H,12H2,1-7H3.